The zero-order valence-corrected chi connectivity index (χ0v) is 18.4. The number of hydrogen-bond acceptors (Lipinski definition) is 3. The lowest BCUT2D eigenvalue weighted by Gasteiger charge is -2.33. The fourth-order valence-corrected chi connectivity index (χ4v) is 3.89. The fourth-order valence-electron chi connectivity index (χ4n) is 3.89. The van der Waals surface area contributed by atoms with Gasteiger partial charge in [-0.05, 0) is 81.3 Å². The summed E-state index contributed by atoms with van der Waals surface area (Å²) in [6, 6.07) is 14.6. The lowest BCUT2D eigenvalue weighted by Crippen LogP contribution is -2.38. The summed E-state index contributed by atoms with van der Waals surface area (Å²) in [4.78, 5) is 15.1. The molecule has 0 saturated carbocycles. The van der Waals surface area contributed by atoms with E-state index in [2.05, 4.69) is 41.4 Å². The molecule has 1 fully saturated rings. The Morgan fingerprint density at radius 2 is 1.86 bits per heavy atom. The smallest absolute Gasteiger partial charge is 0.261 e. The van der Waals surface area contributed by atoms with E-state index in [0.29, 0.717) is 0 Å². The van der Waals surface area contributed by atoms with Crippen LogP contribution < -0.4 is 15.0 Å². The average molecular weight is 395 g/mol. The van der Waals surface area contributed by atoms with Gasteiger partial charge >= 0.3 is 0 Å². The molecule has 0 aliphatic carbocycles. The third-order valence-corrected chi connectivity index (χ3v) is 5.79. The van der Waals surface area contributed by atoms with Crippen molar-refractivity contribution in [3.8, 4) is 5.75 Å². The van der Waals surface area contributed by atoms with Gasteiger partial charge in [0.1, 0.15) is 5.75 Å². The van der Waals surface area contributed by atoms with Crippen molar-refractivity contribution in [2.24, 2.45) is 5.92 Å². The van der Waals surface area contributed by atoms with Crippen LogP contribution in [0.25, 0.3) is 0 Å². The first-order valence-electron chi connectivity index (χ1n) is 10.7. The van der Waals surface area contributed by atoms with Gasteiger partial charge in [0, 0.05) is 18.8 Å². The van der Waals surface area contributed by atoms with E-state index in [1.165, 1.54) is 18.5 Å². The fraction of sp³-hybridized carbons (Fsp3) is 0.480. The van der Waals surface area contributed by atoms with E-state index < -0.39 is 6.10 Å². The molecule has 4 heteroatoms. The number of hydrogen-bond donors (Lipinski definition) is 1. The van der Waals surface area contributed by atoms with E-state index in [0.717, 1.165) is 41.4 Å². The van der Waals surface area contributed by atoms with Gasteiger partial charge < -0.3 is 15.0 Å². The first kappa shape index (κ1) is 21.2. The molecule has 2 aromatic rings. The van der Waals surface area contributed by atoms with Crippen molar-refractivity contribution in [2.45, 2.75) is 59.6 Å². The molecule has 156 valence electrons. The molecule has 3 rings (SSSR count). The summed E-state index contributed by atoms with van der Waals surface area (Å²) < 4.78 is 5.91. The molecule has 1 saturated heterocycles. The molecule has 0 radical (unpaired) electrons. The number of nitrogens with one attached hydrogen (secondary N) is 1. The van der Waals surface area contributed by atoms with Crippen LogP contribution in [0.4, 0.5) is 5.69 Å². The number of ether oxygens (including phenoxy) is 1. The largest absolute Gasteiger partial charge is 0.481 e. The SMILES string of the molecule is Cc1ccc(C)c(O[C@@H](C)C(=O)N[C@H](C)c2ccc(N3CCC[C@@H](C)C3)cc2)c1. The van der Waals surface area contributed by atoms with Crippen molar-refractivity contribution in [3.05, 3.63) is 59.2 Å². The first-order valence-corrected chi connectivity index (χ1v) is 10.7. The monoisotopic (exact) mass is 394 g/mol. The number of rotatable bonds is 6. The maximum Gasteiger partial charge on any atom is 0.261 e. The van der Waals surface area contributed by atoms with Gasteiger partial charge in [0.15, 0.2) is 6.10 Å². The second kappa shape index (κ2) is 9.34. The third-order valence-electron chi connectivity index (χ3n) is 5.79. The summed E-state index contributed by atoms with van der Waals surface area (Å²) in [5.74, 6) is 1.41. The predicted molar refractivity (Wildman–Crippen MR) is 120 cm³/mol. The Labute approximate surface area is 175 Å². The molecule has 1 amide bonds. The van der Waals surface area contributed by atoms with Gasteiger partial charge in [0.25, 0.3) is 5.91 Å². The summed E-state index contributed by atoms with van der Waals surface area (Å²) >= 11 is 0. The predicted octanol–water partition coefficient (Wildman–Crippen LogP) is 5.18. The quantitative estimate of drug-likeness (QED) is 0.733. The van der Waals surface area contributed by atoms with Crippen LogP contribution >= 0.6 is 0 Å². The number of carbonyl (C=O) groups is 1. The van der Waals surface area contributed by atoms with Crippen molar-refractivity contribution >= 4 is 11.6 Å². The summed E-state index contributed by atoms with van der Waals surface area (Å²) in [6.45, 7) is 12.4. The Morgan fingerprint density at radius 3 is 2.55 bits per heavy atom. The molecule has 4 nitrogen and oxygen atoms in total. The van der Waals surface area contributed by atoms with Crippen LogP contribution in [0.1, 0.15) is 56.3 Å². The van der Waals surface area contributed by atoms with Crippen molar-refractivity contribution in [3.63, 3.8) is 0 Å². The topological polar surface area (TPSA) is 41.6 Å². The van der Waals surface area contributed by atoms with E-state index in [-0.39, 0.29) is 11.9 Å². The van der Waals surface area contributed by atoms with Crippen LogP contribution in [0.5, 0.6) is 5.75 Å². The minimum atomic E-state index is -0.549. The first-order chi connectivity index (χ1) is 13.8. The van der Waals surface area contributed by atoms with Crippen molar-refractivity contribution in [1.82, 2.24) is 5.32 Å². The summed E-state index contributed by atoms with van der Waals surface area (Å²) in [5.41, 5.74) is 4.53. The Bertz CT molecular complexity index is 831. The standard InChI is InChI=1S/C25H34N2O2/c1-17-8-9-19(3)24(15-17)29-21(5)25(28)26-20(4)22-10-12-23(13-11-22)27-14-6-7-18(2)16-27/h8-13,15,18,20-21H,6-7,14,16H2,1-5H3,(H,26,28)/t18-,20-,21+/m1/s1. The van der Waals surface area contributed by atoms with Gasteiger partial charge in [0.05, 0.1) is 6.04 Å². The average Bonchev–Trinajstić information content (AvgIpc) is 2.70. The van der Waals surface area contributed by atoms with Crippen molar-refractivity contribution in [2.75, 3.05) is 18.0 Å². The van der Waals surface area contributed by atoms with Gasteiger partial charge in [-0.3, -0.25) is 4.79 Å². The molecule has 0 unspecified atom stereocenters. The number of carbonyl (C=O) groups excluding carboxylic acids is 1. The van der Waals surface area contributed by atoms with Crippen LogP contribution in [0.15, 0.2) is 42.5 Å². The third kappa shape index (κ3) is 5.53. The van der Waals surface area contributed by atoms with Crippen LogP contribution in [-0.2, 0) is 4.79 Å². The maximum absolute atomic E-state index is 12.6. The van der Waals surface area contributed by atoms with Crippen LogP contribution in [-0.4, -0.2) is 25.1 Å². The summed E-state index contributed by atoms with van der Waals surface area (Å²) in [5, 5.41) is 3.08. The molecule has 1 aliphatic heterocycles. The number of benzene rings is 2. The zero-order valence-electron chi connectivity index (χ0n) is 18.4. The second-order valence-corrected chi connectivity index (χ2v) is 8.54. The number of amides is 1. The minimum absolute atomic E-state index is 0.0681. The lowest BCUT2D eigenvalue weighted by atomic mass is 9.99. The van der Waals surface area contributed by atoms with E-state index in [4.69, 9.17) is 4.74 Å². The number of piperidine rings is 1. The van der Waals surface area contributed by atoms with Crippen molar-refractivity contribution in [1.29, 1.82) is 0 Å². The van der Waals surface area contributed by atoms with E-state index in [1.54, 1.807) is 6.92 Å². The Balaban J connectivity index is 1.58. The van der Waals surface area contributed by atoms with Gasteiger partial charge in [-0.2, -0.15) is 0 Å². The molecule has 1 N–H and O–H groups in total. The molecule has 0 aromatic heterocycles. The zero-order chi connectivity index (χ0) is 21.0. The highest BCUT2D eigenvalue weighted by molar-refractivity contribution is 5.81. The molecular formula is C25H34N2O2. The summed E-state index contributed by atoms with van der Waals surface area (Å²) in [7, 11) is 0. The van der Waals surface area contributed by atoms with E-state index in [1.807, 2.05) is 39.0 Å². The van der Waals surface area contributed by atoms with Crippen LogP contribution in [0.3, 0.4) is 0 Å². The van der Waals surface area contributed by atoms with Crippen LogP contribution in [0.2, 0.25) is 0 Å². The van der Waals surface area contributed by atoms with Gasteiger partial charge in [-0.25, -0.2) is 0 Å². The van der Waals surface area contributed by atoms with Crippen molar-refractivity contribution < 1.29 is 9.53 Å². The maximum atomic E-state index is 12.6. The van der Waals surface area contributed by atoms with Gasteiger partial charge in [-0.15, -0.1) is 0 Å². The lowest BCUT2D eigenvalue weighted by molar-refractivity contribution is -0.127. The minimum Gasteiger partial charge on any atom is -0.481 e. The Kier molecular flexibility index (Phi) is 6.83. The highest BCUT2D eigenvalue weighted by Crippen LogP contribution is 2.25. The van der Waals surface area contributed by atoms with E-state index in [9.17, 15) is 4.79 Å². The normalized spacial score (nSPS) is 18.8. The molecule has 1 heterocycles. The molecule has 0 bridgehead atoms. The Morgan fingerprint density at radius 1 is 1.14 bits per heavy atom. The van der Waals surface area contributed by atoms with E-state index >= 15 is 0 Å². The number of aryl methyl sites for hydroxylation is 2. The molecule has 29 heavy (non-hydrogen) atoms. The number of nitrogens with zero attached hydrogens (tertiary/aromatic N) is 1. The molecular weight excluding hydrogens is 360 g/mol. The number of anilines is 1. The van der Waals surface area contributed by atoms with Gasteiger partial charge in [-0.1, -0.05) is 31.2 Å². The van der Waals surface area contributed by atoms with Crippen LogP contribution in [0, 0.1) is 19.8 Å². The summed E-state index contributed by atoms with van der Waals surface area (Å²) in [6.07, 6.45) is 2.03. The highest BCUT2D eigenvalue weighted by atomic mass is 16.5. The van der Waals surface area contributed by atoms with Gasteiger partial charge in [0.2, 0.25) is 0 Å². The Hall–Kier alpha value is -2.49. The molecule has 0 spiro atoms. The molecule has 2 aromatic carbocycles. The molecule has 1 aliphatic rings. The highest BCUT2D eigenvalue weighted by Gasteiger charge is 2.20. The second-order valence-electron chi connectivity index (χ2n) is 8.54. The molecule has 3 atom stereocenters.